The number of amides is 1. The Balaban J connectivity index is 1.65. The minimum Gasteiger partial charge on any atom is -0.490 e. The Hall–Kier alpha value is -2.70. The fourth-order valence-corrected chi connectivity index (χ4v) is 3.60. The lowest BCUT2D eigenvalue weighted by atomic mass is 10.2. The molecule has 0 fully saturated rings. The Kier molecular flexibility index (Phi) is 8.20. The van der Waals surface area contributed by atoms with E-state index in [1.807, 2.05) is 74.5 Å². The maximum atomic E-state index is 12.3. The topological polar surface area (TPSA) is 59.6 Å². The molecule has 162 valence electrons. The van der Waals surface area contributed by atoms with Gasteiger partial charge in [-0.05, 0) is 83.9 Å². The minimum absolute atomic E-state index is 0.130. The first-order chi connectivity index (χ1) is 14.9. The maximum absolute atomic E-state index is 12.3. The lowest BCUT2D eigenvalue weighted by molar-refractivity contribution is -0.118. The summed E-state index contributed by atoms with van der Waals surface area (Å²) in [4.78, 5) is 12.3. The molecule has 0 bridgehead atoms. The normalized spacial score (nSPS) is 10.5. The van der Waals surface area contributed by atoms with E-state index in [4.69, 9.17) is 21.1 Å². The highest BCUT2D eigenvalue weighted by molar-refractivity contribution is 9.10. The number of carbonyl (C=O) groups is 1. The third-order valence-corrected chi connectivity index (χ3v) is 5.23. The van der Waals surface area contributed by atoms with E-state index in [-0.39, 0.29) is 12.5 Å². The van der Waals surface area contributed by atoms with Crippen molar-refractivity contribution < 1.29 is 14.3 Å². The van der Waals surface area contributed by atoms with E-state index in [2.05, 4.69) is 26.6 Å². The van der Waals surface area contributed by atoms with Crippen LogP contribution in [0, 0.1) is 6.92 Å². The molecule has 7 heteroatoms. The first-order valence-electron chi connectivity index (χ1n) is 9.88. The molecular formula is C24H24BrClN2O3. The highest BCUT2D eigenvalue weighted by atomic mass is 79.9. The van der Waals surface area contributed by atoms with Crippen LogP contribution in [0.1, 0.15) is 18.1 Å². The van der Waals surface area contributed by atoms with Gasteiger partial charge >= 0.3 is 0 Å². The van der Waals surface area contributed by atoms with Crippen molar-refractivity contribution in [2.45, 2.75) is 20.4 Å². The number of nitrogens with one attached hydrogen (secondary N) is 2. The summed E-state index contributed by atoms with van der Waals surface area (Å²) in [5, 5.41) is 6.86. The zero-order valence-electron chi connectivity index (χ0n) is 17.4. The second kappa shape index (κ2) is 11.1. The number of ether oxygens (including phenoxy) is 2. The lowest BCUT2D eigenvalue weighted by Gasteiger charge is -2.16. The van der Waals surface area contributed by atoms with Crippen molar-refractivity contribution in [3.05, 3.63) is 81.3 Å². The summed E-state index contributed by atoms with van der Waals surface area (Å²) in [7, 11) is 0. The Morgan fingerprint density at radius 1 is 1.00 bits per heavy atom. The highest BCUT2D eigenvalue weighted by Gasteiger charge is 2.14. The third-order valence-electron chi connectivity index (χ3n) is 4.39. The third kappa shape index (κ3) is 6.91. The van der Waals surface area contributed by atoms with Crippen LogP contribution in [-0.2, 0) is 11.3 Å². The van der Waals surface area contributed by atoms with E-state index in [9.17, 15) is 4.79 Å². The number of aryl methyl sites for hydroxylation is 1. The van der Waals surface area contributed by atoms with Gasteiger partial charge < -0.3 is 20.1 Å². The molecule has 0 aromatic heterocycles. The van der Waals surface area contributed by atoms with Gasteiger partial charge in [-0.25, -0.2) is 0 Å². The first-order valence-corrected chi connectivity index (χ1v) is 11.1. The van der Waals surface area contributed by atoms with Gasteiger partial charge in [-0.15, -0.1) is 0 Å². The van der Waals surface area contributed by atoms with Crippen molar-refractivity contribution in [3.63, 3.8) is 0 Å². The molecule has 3 aromatic carbocycles. The van der Waals surface area contributed by atoms with Crippen molar-refractivity contribution in [2.75, 3.05) is 23.8 Å². The summed E-state index contributed by atoms with van der Waals surface area (Å²) < 4.78 is 12.3. The maximum Gasteiger partial charge on any atom is 0.262 e. The van der Waals surface area contributed by atoms with Gasteiger partial charge in [-0.1, -0.05) is 29.3 Å². The fraction of sp³-hybridized carbons (Fsp3) is 0.208. The predicted octanol–water partition coefficient (Wildman–Crippen LogP) is 6.44. The highest BCUT2D eigenvalue weighted by Crippen LogP contribution is 2.37. The second-order valence-corrected chi connectivity index (χ2v) is 8.19. The van der Waals surface area contributed by atoms with Crippen LogP contribution in [0.25, 0.3) is 0 Å². The number of anilines is 2. The molecular weight excluding hydrogens is 480 g/mol. The fourth-order valence-electron chi connectivity index (χ4n) is 2.87. The zero-order chi connectivity index (χ0) is 22.2. The number of rotatable bonds is 9. The molecule has 0 saturated heterocycles. The second-order valence-electron chi connectivity index (χ2n) is 6.90. The molecule has 2 N–H and O–H groups in total. The number of halogens is 2. The van der Waals surface area contributed by atoms with Crippen LogP contribution in [-0.4, -0.2) is 19.1 Å². The molecule has 31 heavy (non-hydrogen) atoms. The Morgan fingerprint density at radius 2 is 1.68 bits per heavy atom. The average Bonchev–Trinajstić information content (AvgIpc) is 2.74. The standard InChI is InChI=1S/C24H24BrClN2O3/c1-3-30-22-13-17(14-27-19-10-6-18(26)7-11-19)12-21(25)24(22)31-15-23(29)28-20-8-4-16(2)5-9-20/h4-13,27H,3,14-15H2,1-2H3,(H,28,29). The molecule has 3 rings (SSSR count). The number of hydrogen-bond acceptors (Lipinski definition) is 4. The molecule has 0 aliphatic carbocycles. The van der Waals surface area contributed by atoms with E-state index in [1.54, 1.807) is 0 Å². The van der Waals surface area contributed by atoms with Crippen molar-refractivity contribution in [1.82, 2.24) is 0 Å². The number of hydrogen-bond donors (Lipinski definition) is 2. The molecule has 0 atom stereocenters. The summed E-state index contributed by atoms with van der Waals surface area (Å²) >= 11 is 9.48. The van der Waals surface area contributed by atoms with Crippen LogP contribution in [0.4, 0.5) is 11.4 Å². The van der Waals surface area contributed by atoms with Crippen LogP contribution >= 0.6 is 27.5 Å². The summed E-state index contributed by atoms with van der Waals surface area (Å²) in [5.74, 6) is 0.829. The summed E-state index contributed by atoms with van der Waals surface area (Å²) in [6, 6.07) is 19.0. The Labute approximate surface area is 195 Å². The predicted molar refractivity (Wildman–Crippen MR) is 129 cm³/mol. The quantitative estimate of drug-likeness (QED) is 0.353. The van der Waals surface area contributed by atoms with Gasteiger partial charge in [0.2, 0.25) is 0 Å². The number of benzene rings is 3. The largest absolute Gasteiger partial charge is 0.490 e. The van der Waals surface area contributed by atoms with Gasteiger partial charge in [-0.3, -0.25) is 4.79 Å². The first kappa shape index (κ1) is 23.0. The molecule has 1 amide bonds. The smallest absolute Gasteiger partial charge is 0.262 e. The summed E-state index contributed by atoms with van der Waals surface area (Å²) in [6.45, 7) is 4.84. The van der Waals surface area contributed by atoms with Crippen LogP contribution in [0.2, 0.25) is 5.02 Å². The van der Waals surface area contributed by atoms with Crippen LogP contribution in [0.5, 0.6) is 11.5 Å². The van der Waals surface area contributed by atoms with Crippen molar-refractivity contribution in [1.29, 1.82) is 0 Å². The molecule has 0 saturated carbocycles. The summed E-state index contributed by atoms with van der Waals surface area (Å²) in [5.41, 5.74) is 3.82. The van der Waals surface area contributed by atoms with E-state index >= 15 is 0 Å². The molecule has 0 spiro atoms. The van der Waals surface area contributed by atoms with E-state index in [1.165, 1.54) is 0 Å². The molecule has 0 aliphatic rings. The molecule has 0 heterocycles. The number of carbonyl (C=O) groups excluding carboxylic acids is 1. The van der Waals surface area contributed by atoms with Crippen molar-refractivity contribution in [2.24, 2.45) is 0 Å². The van der Waals surface area contributed by atoms with Gasteiger partial charge in [0.15, 0.2) is 18.1 Å². The Bertz CT molecular complexity index is 1020. The van der Waals surface area contributed by atoms with Crippen LogP contribution < -0.4 is 20.1 Å². The minimum atomic E-state index is -0.244. The molecule has 0 unspecified atom stereocenters. The lowest BCUT2D eigenvalue weighted by Crippen LogP contribution is -2.20. The van der Waals surface area contributed by atoms with E-state index < -0.39 is 0 Å². The average molecular weight is 504 g/mol. The Morgan fingerprint density at radius 3 is 2.35 bits per heavy atom. The monoisotopic (exact) mass is 502 g/mol. The zero-order valence-corrected chi connectivity index (χ0v) is 19.7. The van der Waals surface area contributed by atoms with Gasteiger partial charge in [0.25, 0.3) is 5.91 Å². The van der Waals surface area contributed by atoms with Crippen LogP contribution in [0.3, 0.4) is 0 Å². The van der Waals surface area contributed by atoms with Crippen molar-refractivity contribution >= 4 is 44.8 Å². The summed E-state index contributed by atoms with van der Waals surface area (Å²) in [6.07, 6.45) is 0. The van der Waals surface area contributed by atoms with Gasteiger partial charge in [-0.2, -0.15) is 0 Å². The molecule has 0 radical (unpaired) electrons. The van der Waals surface area contributed by atoms with Crippen molar-refractivity contribution in [3.8, 4) is 11.5 Å². The SMILES string of the molecule is CCOc1cc(CNc2ccc(Cl)cc2)cc(Br)c1OCC(=O)Nc1ccc(C)cc1. The molecule has 3 aromatic rings. The van der Waals surface area contributed by atoms with E-state index in [0.717, 1.165) is 27.0 Å². The molecule has 5 nitrogen and oxygen atoms in total. The van der Waals surface area contributed by atoms with Gasteiger partial charge in [0, 0.05) is 22.9 Å². The van der Waals surface area contributed by atoms with Gasteiger partial charge in [0.1, 0.15) is 0 Å². The van der Waals surface area contributed by atoms with Crippen LogP contribution in [0.15, 0.2) is 65.1 Å². The molecule has 0 aliphatic heterocycles. The van der Waals surface area contributed by atoms with Gasteiger partial charge in [0.05, 0.1) is 11.1 Å². The van der Waals surface area contributed by atoms with E-state index in [0.29, 0.717) is 29.7 Å².